The monoisotopic (exact) mass is 353 g/mol. The van der Waals surface area contributed by atoms with Crippen LogP contribution < -0.4 is 5.32 Å². The molecule has 1 fully saturated rings. The quantitative estimate of drug-likeness (QED) is 0.835. The number of carbonyl (C=O) groups excluding carboxylic acids is 1. The molecule has 0 aromatic heterocycles. The molecule has 0 bridgehead atoms. The summed E-state index contributed by atoms with van der Waals surface area (Å²) in [5.74, 6) is -0.868. The van der Waals surface area contributed by atoms with E-state index in [2.05, 4.69) is 5.32 Å². The minimum absolute atomic E-state index is 0.0395. The van der Waals surface area contributed by atoms with E-state index in [1.807, 2.05) is 54.6 Å². The number of hydrogen-bond acceptors (Lipinski definition) is 3. The van der Waals surface area contributed by atoms with Gasteiger partial charge >= 0.3 is 5.97 Å². The maximum atomic E-state index is 13.2. The summed E-state index contributed by atoms with van der Waals surface area (Å²) in [6.07, 6.45) is 1.79. The number of amides is 1. The van der Waals surface area contributed by atoms with Gasteiger partial charge in [0.2, 0.25) is 5.91 Å². The van der Waals surface area contributed by atoms with Crippen molar-refractivity contribution >= 4 is 17.6 Å². The van der Waals surface area contributed by atoms with Crippen LogP contribution in [0.1, 0.15) is 30.4 Å². The fraction of sp³-hybridized carbons (Fsp3) is 0.333. The van der Waals surface area contributed by atoms with Gasteiger partial charge in [-0.25, -0.2) is 0 Å². The lowest BCUT2D eigenvalue weighted by Crippen LogP contribution is -2.44. The third-order valence-corrected chi connectivity index (χ3v) is 4.92. The Morgan fingerprint density at radius 1 is 1.04 bits per heavy atom. The van der Waals surface area contributed by atoms with E-state index in [0.717, 1.165) is 11.1 Å². The van der Waals surface area contributed by atoms with Crippen LogP contribution >= 0.6 is 0 Å². The zero-order chi connectivity index (χ0) is 18.4. The van der Waals surface area contributed by atoms with Gasteiger partial charge in [0.15, 0.2) is 0 Å². The third kappa shape index (κ3) is 4.11. The second kappa shape index (κ2) is 8.15. The Hall–Kier alpha value is -2.66. The summed E-state index contributed by atoms with van der Waals surface area (Å²) in [6.45, 7) is 1.11. The van der Waals surface area contributed by atoms with Gasteiger partial charge in [-0.2, -0.15) is 0 Å². The standard InChI is InChI=1S/C21H23NO4/c23-19(24)10-9-16-5-4-8-18(15-16)22-20(25)21(11-13-26-14-12-21)17-6-2-1-3-7-17/h1-8,15H,9-14H2,(H,22,25)(H,23,24). The van der Waals surface area contributed by atoms with Gasteiger partial charge in [0.1, 0.15) is 0 Å². The Labute approximate surface area is 153 Å². The molecule has 1 aliphatic rings. The number of carboxylic acids is 1. The Kier molecular flexibility index (Phi) is 5.68. The SMILES string of the molecule is O=C(O)CCc1cccc(NC(=O)C2(c3ccccc3)CCOCC2)c1. The van der Waals surface area contributed by atoms with Crippen molar-refractivity contribution in [3.63, 3.8) is 0 Å². The van der Waals surface area contributed by atoms with Gasteiger partial charge in [-0.05, 0) is 42.5 Å². The van der Waals surface area contributed by atoms with Crippen molar-refractivity contribution in [3.8, 4) is 0 Å². The van der Waals surface area contributed by atoms with E-state index in [9.17, 15) is 9.59 Å². The van der Waals surface area contributed by atoms with Gasteiger partial charge in [0, 0.05) is 25.3 Å². The molecule has 0 unspecified atom stereocenters. The summed E-state index contributed by atoms with van der Waals surface area (Å²) in [5.41, 5.74) is 1.99. The first-order chi connectivity index (χ1) is 12.6. The lowest BCUT2D eigenvalue weighted by molar-refractivity contribution is -0.137. The number of hydrogen-bond donors (Lipinski definition) is 2. The maximum Gasteiger partial charge on any atom is 0.303 e. The van der Waals surface area contributed by atoms with Gasteiger partial charge in [-0.3, -0.25) is 9.59 Å². The molecule has 0 aliphatic carbocycles. The van der Waals surface area contributed by atoms with Crippen LogP contribution in [0.15, 0.2) is 54.6 Å². The second-order valence-electron chi connectivity index (χ2n) is 6.61. The van der Waals surface area contributed by atoms with Crippen molar-refractivity contribution in [2.24, 2.45) is 0 Å². The van der Waals surface area contributed by atoms with Gasteiger partial charge in [0.05, 0.1) is 5.41 Å². The molecule has 2 N–H and O–H groups in total. The topological polar surface area (TPSA) is 75.6 Å². The molecule has 5 heteroatoms. The predicted octanol–water partition coefficient (Wildman–Crippen LogP) is 3.39. The van der Waals surface area contributed by atoms with E-state index in [0.29, 0.717) is 38.2 Å². The van der Waals surface area contributed by atoms with E-state index < -0.39 is 11.4 Å². The third-order valence-electron chi connectivity index (χ3n) is 4.92. The van der Waals surface area contributed by atoms with Crippen LogP contribution in [0, 0.1) is 0 Å². The highest BCUT2D eigenvalue weighted by Crippen LogP contribution is 2.36. The number of anilines is 1. The number of carbonyl (C=O) groups is 2. The fourth-order valence-corrected chi connectivity index (χ4v) is 3.43. The average molecular weight is 353 g/mol. The Morgan fingerprint density at radius 2 is 1.77 bits per heavy atom. The molecule has 26 heavy (non-hydrogen) atoms. The Balaban J connectivity index is 1.80. The van der Waals surface area contributed by atoms with E-state index in [4.69, 9.17) is 9.84 Å². The molecule has 136 valence electrons. The molecule has 0 saturated carbocycles. The smallest absolute Gasteiger partial charge is 0.303 e. The van der Waals surface area contributed by atoms with Crippen molar-refractivity contribution in [3.05, 3.63) is 65.7 Å². The molecule has 1 heterocycles. The van der Waals surface area contributed by atoms with Gasteiger partial charge in [-0.1, -0.05) is 42.5 Å². The Bertz CT molecular complexity index is 767. The van der Waals surface area contributed by atoms with E-state index >= 15 is 0 Å². The lowest BCUT2D eigenvalue weighted by atomic mass is 9.73. The summed E-state index contributed by atoms with van der Waals surface area (Å²) in [5, 5.41) is 11.9. The molecule has 0 atom stereocenters. The first kappa shape index (κ1) is 18.1. The summed E-state index contributed by atoms with van der Waals surface area (Å²) in [4.78, 5) is 24.0. The molecular weight excluding hydrogens is 330 g/mol. The van der Waals surface area contributed by atoms with Crippen LogP contribution in [0.4, 0.5) is 5.69 Å². The first-order valence-electron chi connectivity index (χ1n) is 8.86. The first-order valence-corrected chi connectivity index (χ1v) is 8.86. The normalized spacial score (nSPS) is 16.0. The predicted molar refractivity (Wildman–Crippen MR) is 99.2 cm³/mol. The zero-order valence-electron chi connectivity index (χ0n) is 14.6. The average Bonchev–Trinajstić information content (AvgIpc) is 2.68. The van der Waals surface area contributed by atoms with Crippen LogP contribution in [0.25, 0.3) is 0 Å². The number of ether oxygens (including phenoxy) is 1. The number of carboxylic acid groups (broad SMARTS) is 1. The molecule has 1 amide bonds. The molecule has 2 aromatic carbocycles. The highest BCUT2D eigenvalue weighted by atomic mass is 16.5. The van der Waals surface area contributed by atoms with Gasteiger partial charge in [0.25, 0.3) is 0 Å². The zero-order valence-corrected chi connectivity index (χ0v) is 14.6. The van der Waals surface area contributed by atoms with Crippen LogP contribution in [0.5, 0.6) is 0 Å². The summed E-state index contributed by atoms with van der Waals surface area (Å²) >= 11 is 0. The van der Waals surface area contributed by atoms with Crippen molar-refractivity contribution in [2.75, 3.05) is 18.5 Å². The fourth-order valence-electron chi connectivity index (χ4n) is 3.43. The van der Waals surface area contributed by atoms with Crippen LogP contribution in [-0.4, -0.2) is 30.2 Å². The molecule has 0 spiro atoms. The largest absolute Gasteiger partial charge is 0.481 e. The number of rotatable bonds is 6. The molecule has 2 aromatic rings. The molecule has 3 rings (SSSR count). The van der Waals surface area contributed by atoms with Crippen molar-refractivity contribution in [2.45, 2.75) is 31.1 Å². The van der Waals surface area contributed by atoms with E-state index in [1.165, 1.54) is 0 Å². The van der Waals surface area contributed by atoms with E-state index in [-0.39, 0.29) is 12.3 Å². The van der Waals surface area contributed by atoms with Crippen LogP contribution in [0.2, 0.25) is 0 Å². The minimum Gasteiger partial charge on any atom is -0.481 e. The van der Waals surface area contributed by atoms with Crippen LogP contribution in [-0.2, 0) is 26.2 Å². The van der Waals surface area contributed by atoms with Gasteiger partial charge in [-0.15, -0.1) is 0 Å². The maximum absolute atomic E-state index is 13.2. The number of benzene rings is 2. The van der Waals surface area contributed by atoms with Crippen LogP contribution in [0.3, 0.4) is 0 Å². The molecule has 0 radical (unpaired) electrons. The highest BCUT2D eigenvalue weighted by Gasteiger charge is 2.41. The van der Waals surface area contributed by atoms with Crippen molar-refractivity contribution in [1.82, 2.24) is 0 Å². The number of nitrogens with one attached hydrogen (secondary N) is 1. The molecule has 1 aliphatic heterocycles. The summed E-state index contributed by atoms with van der Waals surface area (Å²) < 4.78 is 5.48. The minimum atomic E-state index is -0.829. The number of aliphatic carboxylic acids is 1. The molecule has 1 saturated heterocycles. The highest BCUT2D eigenvalue weighted by molar-refractivity contribution is 5.99. The summed E-state index contributed by atoms with van der Waals surface area (Å²) in [7, 11) is 0. The second-order valence-corrected chi connectivity index (χ2v) is 6.61. The molecule has 5 nitrogen and oxygen atoms in total. The summed E-state index contributed by atoms with van der Waals surface area (Å²) in [6, 6.07) is 17.2. The van der Waals surface area contributed by atoms with Crippen molar-refractivity contribution < 1.29 is 19.4 Å². The van der Waals surface area contributed by atoms with E-state index in [1.54, 1.807) is 0 Å². The lowest BCUT2D eigenvalue weighted by Gasteiger charge is -2.36. The molecular formula is C21H23NO4. The Morgan fingerprint density at radius 3 is 2.46 bits per heavy atom. The number of aryl methyl sites for hydroxylation is 1. The van der Waals surface area contributed by atoms with Crippen molar-refractivity contribution in [1.29, 1.82) is 0 Å². The van der Waals surface area contributed by atoms with Gasteiger partial charge < -0.3 is 15.2 Å².